The maximum atomic E-state index is 12.7. The van der Waals surface area contributed by atoms with Gasteiger partial charge in [-0.25, -0.2) is 9.97 Å². The van der Waals surface area contributed by atoms with Gasteiger partial charge < -0.3 is 20.3 Å². The molecule has 7 nitrogen and oxygen atoms in total. The molecule has 0 radical (unpaired) electrons. The van der Waals surface area contributed by atoms with Crippen LogP contribution < -0.4 is 15.4 Å². The van der Waals surface area contributed by atoms with E-state index in [1.807, 2.05) is 36.2 Å². The molecule has 1 heterocycles. The molecule has 2 N–H and O–H groups in total. The zero-order chi connectivity index (χ0) is 20.6. The molecular weight excluding hydrogens is 500 g/mol. The smallest absolute Gasteiger partial charge is 0.433 e. The molecule has 0 atom stereocenters. The zero-order valence-corrected chi connectivity index (χ0v) is 18.7. The number of rotatable bonds is 7. The maximum absolute atomic E-state index is 12.7. The van der Waals surface area contributed by atoms with Gasteiger partial charge in [0.15, 0.2) is 5.96 Å². The number of methoxy groups -OCH3 is 1. The van der Waals surface area contributed by atoms with Crippen LogP contribution in [-0.2, 0) is 12.7 Å². The standard InChI is InChI=1S/C18H23F3N6O.HI/c1-22-17(27(2)12-13-4-6-14(28-3)7-5-13)25-11-10-24-16-23-9-8-15(26-16)18(19,20)21;/h4-9H,10-12H2,1-3H3,(H,22,25)(H,23,24,26);1H. The molecule has 0 bridgehead atoms. The van der Waals surface area contributed by atoms with E-state index in [1.165, 1.54) is 0 Å². The topological polar surface area (TPSA) is 74.7 Å². The molecule has 0 aliphatic heterocycles. The highest BCUT2D eigenvalue weighted by Crippen LogP contribution is 2.27. The van der Waals surface area contributed by atoms with Crippen molar-refractivity contribution >= 4 is 35.9 Å². The van der Waals surface area contributed by atoms with Gasteiger partial charge in [0.1, 0.15) is 11.4 Å². The number of hydrogen-bond acceptors (Lipinski definition) is 5. The summed E-state index contributed by atoms with van der Waals surface area (Å²) in [5.74, 6) is 1.37. The second-order valence-corrected chi connectivity index (χ2v) is 5.87. The molecule has 29 heavy (non-hydrogen) atoms. The predicted molar refractivity (Wildman–Crippen MR) is 117 cm³/mol. The third-order valence-corrected chi connectivity index (χ3v) is 3.79. The Balaban J connectivity index is 0.00000420. The Kier molecular flexibility index (Phi) is 9.92. The second-order valence-electron chi connectivity index (χ2n) is 5.87. The Morgan fingerprint density at radius 1 is 1.17 bits per heavy atom. The highest BCUT2D eigenvalue weighted by Gasteiger charge is 2.32. The number of halogens is 4. The van der Waals surface area contributed by atoms with Crippen LogP contribution in [0.1, 0.15) is 11.3 Å². The molecule has 2 rings (SSSR count). The van der Waals surface area contributed by atoms with Crippen LogP contribution in [0, 0.1) is 0 Å². The van der Waals surface area contributed by atoms with Crippen molar-refractivity contribution in [2.24, 2.45) is 4.99 Å². The SMILES string of the molecule is CN=C(NCCNc1nccc(C(F)(F)F)n1)N(C)Cc1ccc(OC)cc1.I. The molecule has 0 aliphatic rings. The number of hydrogen-bond donors (Lipinski definition) is 2. The normalized spacial score (nSPS) is 11.4. The monoisotopic (exact) mass is 524 g/mol. The van der Waals surface area contributed by atoms with Gasteiger partial charge in [0.05, 0.1) is 7.11 Å². The minimum atomic E-state index is -4.50. The van der Waals surface area contributed by atoms with Gasteiger partial charge in [-0.2, -0.15) is 13.2 Å². The van der Waals surface area contributed by atoms with Crippen LogP contribution in [0.25, 0.3) is 0 Å². The van der Waals surface area contributed by atoms with E-state index in [9.17, 15) is 13.2 Å². The lowest BCUT2D eigenvalue weighted by Gasteiger charge is -2.22. The lowest BCUT2D eigenvalue weighted by molar-refractivity contribution is -0.141. The number of ether oxygens (including phenoxy) is 1. The van der Waals surface area contributed by atoms with Gasteiger partial charge in [-0.15, -0.1) is 24.0 Å². The van der Waals surface area contributed by atoms with Gasteiger partial charge in [-0.3, -0.25) is 4.99 Å². The predicted octanol–water partition coefficient (Wildman–Crippen LogP) is 3.24. The van der Waals surface area contributed by atoms with Crippen molar-refractivity contribution in [1.29, 1.82) is 0 Å². The van der Waals surface area contributed by atoms with Crippen molar-refractivity contribution in [2.75, 3.05) is 39.6 Å². The van der Waals surface area contributed by atoms with E-state index in [0.29, 0.717) is 25.6 Å². The lowest BCUT2D eigenvalue weighted by Crippen LogP contribution is -2.40. The van der Waals surface area contributed by atoms with Gasteiger partial charge in [0, 0.05) is 39.9 Å². The Hall–Kier alpha value is -2.31. The molecule has 1 aromatic carbocycles. The molecule has 11 heteroatoms. The summed E-state index contributed by atoms with van der Waals surface area (Å²) in [6, 6.07) is 8.54. The summed E-state index contributed by atoms with van der Waals surface area (Å²) < 4.78 is 43.1. The molecule has 0 spiro atoms. The third-order valence-electron chi connectivity index (χ3n) is 3.79. The molecule has 1 aromatic heterocycles. The van der Waals surface area contributed by atoms with E-state index >= 15 is 0 Å². The quantitative estimate of drug-likeness (QED) is 0.251. The first kappa shape index (κ1) is 24.7. The molecule has 0 aliphatic carbocycles. The number of aromatic nitrogens is 2. The fraction of sp³-hybridized carbons (Fsp3) is 0.389. The van der Waals surface area contributed by atoms with Crippen molar-refractivity contribution in [3.05, 3.63) is 47.8 Å². The Labute approximate surface area is 184 Å². The Bertz CT molecular complexity index is 786. The number of nitrogens with zero attached hydrogens (tertiary/aromatic N) is 4. The highest BCUT2D eigenvalue weighted by molar-refractivity contribution is 14.0. The van der Waals surface area contributed by atoms with Crippen molar-refractivity contribution in [2.45, 2.75) is 12.7 Å². The maximum Gasteiger partial charge on any atom is 0.433 e. The summed E-state index contributed by atoms with van der Waals surface area (Å²) in [6.45, 7) is 1.39. The molecule has 0 saturated carbocycles. The number of guanidine groups is 1. The largest absolute Gasteiger partial charge is 0.497 e. The average Bonchev–Trinajstić information content (AvgIpc) is 2.68. The van der Waals surface area contributed by atoms with Crippen molar-refractivity contribution in [1.82, 2.24) is 20.2 Å². The first-order chi connectivity index (χ1) is 13.3. The summed E-state index contributed by atoms with van der Waals surface area (Å²) in [4.78, 5) is 13.4. The molecule has 2 aromatic rings. The molecular formula is C18H24F3IN6O. The molecule has 0 fully saturated rings. The van der Waals surface area contributed by atoms with Crippen molar-refractivity contribution < 1.29 is 17.9 Å². The molecule has 0 saturated heterocycles. The number of nitrogens with one attached hydrogen (secondary N) is 2. The number of aliphatic imine (C=N–C) groups is 1. The van der Waals surface area contributed by atoms with Crippen LogP contribution in [-0.4, -0.2) is 55.1 Å². The second kappa shape index (κ2) is 11.6. The van der Waals surface area contributed by atoms with E-state index in [0.717, 1.165) is 23.6 Å². The number of anilines is 1. The fourth-order valence-electron chi connectivity index (χ4n) is 2.41. The van der Waals surface area contributed by atoms with Gasteiger partial charge in [-0.05, 0) is 23.8 Å². The third kappa shape index (κ3) is 7.91. The van der Waals surface area contributed by atoms with Gasteiger partial charge in [0.25, 0.3) is 0 Å². The minimum Gasteiger partial charge on any atom is -0.497 e. The Morgan fingerprint density at radius 3 is 2.45 bits per heavy atom. The first-order valence-electron chi connectivity index (χ1n) is 8.52. The molecule has 0 amide bonds. The summed E-state index contributed by atoms with van der Waals surface area (Å²) >= 11 is 0. The Morgan fingerprint density at radius 2 is 1.86 bits per heavy atom. The summed E-state index contributed by atoms with van der Waals surface area (Å²) in [6.07, 6.45) is -3.42. The van der Waals surface area contributed by atoms with Crippen LogP contribution in [0.5, 0.6) is 5.75 Å². The van der Waals surface area contributed by atoms with E-state index < -0.39 is 11.9 Å². The highest BCUT2D eigenvalue weighted by atomic mass is 127. The minimum absolute atomic E-state index is 0. The molecule has 0 unspecified atom stereocenters. The summed E-state index contributed by atoms with van der Waals surface area (Å²) in [5.41, 5.74) is 0.106. The van der Waals surface area contributed by atoms with E-state index in [-0.39, 0.29) is 29.9 Å². The number of benzene rings is 1. The van der Waals surface area contributed by atoms with Crippen LogP contribution >= 0.6 is 24.0 Å². The van der Waals surface area contributed by atoms with Crippen LogP contribution in [0.15, 0.2) is 41.5 Å². The van der Waals surface area contributed by atoms with Gasteiger partial charge in [-0.1, -0.05) is 12.1 Å². The average molecular weight is 524 g/mol. The first-order valence-corrected chi connectivity index (χ1v) is 8.52. The van der Waals surface area contributed by atoms with E-state index in [1.54, 1.807) is 14.2 Å². The van der Waals surface area contributed by atoms with E-state index in [4.69, 9.17) is 4.74 Å². The lowest BCUT2D eigenvalue weighted by atomic mass is 10.2. The fourth-order valence-corrected chi connectivity index (χ4v) is 2.41. The molecule has 160 valence electrons. The summed E-state index contributed by atoms with van der Waals surface area (Å²) in [5, 5.41) is 5.90. The van der Waals surface area contributed by atoms with Crippen LogP contribution in [0.4, 0.5) is 19.1 Å². The van der Waals surface area contributed by atoms with Crippen LogP contribution in [0.3, 0.4) is 0 Å². The van der Waals surface area contributed by atoms with Gasteiger partial charge in [0.2, 0.25) is 5.95 Å². The number of alkyl halides is 3. The van der Waals surface area contributed by atoms with Crippen LogP contribution in [0.2, 0.25) is 0 Å². The van der Waals surface area contributed by atoms with Gasteiger partial charge >= 0.3 is 6.18 Å². The van der Waals surface area contributed by atoms with E-state index in [2.05, 4.69) is 25.6 Å². The van der Waals surface area contributed by atoms with Crippen molar-refractivity contribution in [3.8, 4) is 5.75 Å². The summed E-state index contributed by atoms with van der Waals surface area (Å²) in [7, 11) is 5.17. The van der Waals surface area contributed by atoms with Crippen molar-refractivity contribution in [3.63, 3.8) is 0 Å². The zero-order valence-electron chi connectivity index (χ0n) is 16.3.